The van der Waals surface area contributed by atoms with Crippen molar-refractivity contribution in [1.82, 2.24) is 14.9 Å². The third-order valence-electron chi connectivity index (χ3n) is 6.40. The largest absolute Gasteiger partial charge is 0.444 e. The second-order valence-corrected chi connectivity index (χ2v) is 10.6. The molecular formula is C27H38N6O3. The Labute approximate surface area is 213 Å². The molecule has 0 radical (unpaired) electrons. The highest BCUT2D eigenvalue weighted by Gasteiger charge is 2.27. The number of nitrogens with zero attached hydrogens (tertiary/aromatic N) is 4. The van der Waals surface area contributed by atoms with Gasteiger partial charge in [-0.3, -0.25) is 4.79 Å². The summed E-state index contributed by atoms with van der Waals surface area (Å²) in [4.78, 5) is 37.6. The normalized spacial score (nSPS) is 17.0. The number of hydrogen-bond acceptors (Lipinski definition) is 7. The van der Waals surface area contributed by atoms with Crippen molar-refractivity contribution in [2.24, 2.45) is 0 Å². The first-order chi connectivity index (χ1) is 17.2. The van der Waals surface area contributed by atoms with E-state index in [0.717, 1.165) is 22.9 Å². The van der Waals surface area contributed by atoms with Crippen molar-refractivity contribution in [2.75, 3.05) is 41.7 Å². The van der Waals surface area contributed by atoms with E-state index in [-0.39, 0.29) is 12.0 Å². The summed E-state index contributed by atoms with van der Waals surface area (Å²) in [7, 11) is 0. The first-order valence-corrected chi connectivity index (χ1v) is 12.9. The van der Waals surface area contributed by atoms with Gasteiger partial charge in [0, 0.05) is 62.7 Å². The van der Waals surface area contributed by atoms with Crippen molar-refractivity contribution in [2.45, 2.75) is 71.4 Å². The molecule has 1 aliphatic carbocycles. The number of anilines is 3. The maximum absolute atomic E-state index is 12.5. The third-order valence-corrected chi connectivity index (χ3v) is 6.40. The van der Waals surface area contributed by atoms with Crippen molar-refractivity contribution in [3.05, 3.63) is 30.5 Å². The van der Waals surface area contributed by atoms with Crippen LogP contribution in [0.15, 0.2) is 30.5 Å². The fraction of sp³-hybridized carbons (Fsp3) is 0.556. The molecule has 1 saturated heterocycles. The molecule has 36 heavy (non-hydrogen) atoms. The minimum atomic E-state index is -0.521. The van der Waals surface area contributed by atoms with Gasteiger partial charge in [0.25, 0.3) is 0 Å². The van der Waals surface area contributed by atoms with Crippen molar-refractivity contribution in [3.8, 4) is 11.3 Å². The van der Waals surface area contributed by atoms with E-state index >= 15 is 0 Å². The lowest BCUT2D eigenvalue weighted by Crippen LogP contribution is -2.50. The Balaban J connectivity index is 1.52. The highest BCUT2D eigenvalue weighted by Crippen LogP contribution is 2.29. The van der Waals surface area contributed by atoms with Crippen LogP contribution in [0.4, 0.5) is 22.1 Å². The topological polar surface area (TPSA) is 99.7 Å². The molecule has 0 unspecified atom stereocenters. The van der Waals surface area contributed by atoms with Crippen LogP contribution in [0.25, 0.3) is 11.3 Å². The standard InChI is InChI=1S/C27H38N6O3/c1-19(34)29-22-17-23(20-10-11-28-24(16-20)30-21-8-6-5-7-9-21)31-25(18-22)32-12-14-33(15-13-32)26(35)36-27(2,3)4/h10-11,16-18,21H,5-9,12-15H2,1-4H3,(H,28,30)(H,29,31,34). The summed E-state index contributed by atoms with van der Waals surface area (Å²) in [6.45, 7) is 9.44. The number of carbonyl (C=O) groups is 2. The highest BCUT2D eigenvalue weighted by molar-refractivity contribution is 5.90. The zero-order valence-electron chi connectivity index (χ0n) is 21.8. The number of piperazine rings is 1. The lowest BCUT2D eigenvalue weighted by molar-refractivity contribution is -0.114. The van der Waals surface area contributed by atoms with Gasteiger partial charge in [-0.25, -0.2) is 14.8 Å². The number of carbonyl (C=O) groups excluding carboxylic acids is 2. The second-order valence-electron chi connectivity index (χ2n) is 10.6. The van der Waals surface area contributed by atoms with Gasteiger partial charge in [0.2, 0.25) is 5.91 Å². The molecule has 0 atom stereocenters. The minimum Gasteiger partial charge on any atom is -0.444 e. The summed E-state index contributed by atoms with van der Waals surface area (Å²) in [5, 5.41) is 6.49. The van der Waals surface area contributed by atoms with E-state index in [1.165, 1.54) is 39.0 Å². The maximum atomic E-state index is 12.5. The van der Waals surface area contributed by atoms with Crippen LogP contribution in [0.1, 0.15) is 59.8 Å². The Morgan fingerprint density at radius 1 is 1.03 bits per heavy atom. The SMILES string of the molecule is CC(=O)Nc1cc(-c2ccnc(NC3CCCCC3)c2)nc(N2CCN(C(=O)OC(C)(C)C)CC2)c1. The Hall–Kier alpha value is -3.36. The van der Waals surface area contributed by atoms with Crippen LogP contribution >= 0.6 is 0 Å². The summed E-state index contributed by atoms with van der Waals surface area (Å²) in [6, 6.07) is 8.20. The molecule has 0 spiro atoms. The van der Waals surface area contributed by atoms with Crippen LogP contribution in [-0.4, -0.2) is 64.7 Å². The molecular weight excluding hydrogens is 456 g/mol. The number of ether oxygens (including phenoxy) is 1. The number of amides is 2. The van der Waals surface area contributed by atoms with E-state index in [1.807, 2.05) is 45.0 Å². The van der Waals surface area contributed by atoms with Crippen LogP contribution in [0, 0.1) is 0 Å². The molecule has 4 rings (SSSR count). The zero-order chi connectivity index (χ0) is 25.7. The van der Waals surface area contributed by atoms with Gasteiger partial charge in [-0.2, -0.15) is 0 Å². The number of aromatic nitrogens is 2. The van der Waals surface area contributed by atoms with Crippen LogP contribution in [0.3, 0.4) is 0 Å². The molecule has 2 aromatic heterocycles. The molecule has 9 heteroatoms. The van der Waals surface area contributed by atoms with Gasteiger partial charge in [0.15, 0.2) is 0 Å². The van der Waals surface area contributed by atoms with Crippen LogP contribution in [-0.2, 0) is 9.53 Å². The van der Waals surface area contributed by atoms with E-state index in [4.69, 9.17) is 9.72 Å². The van der Waals surface area contributed by atoms with Gasteiger partial charge < -0.3 is 25.2 Å². The average molecular weight is 495 g/mol. The van der Waals surface area contributed by atoms with Crippen molar-refractivity contribution in [3.63, 3.8) is 0 Å². The molecule has 2 amide bonds. The fourth-order valence-electron chi connectivity index (χ4n) is 4.67. The molecule has 0 bridgehead atoms. The van der Waals surface area contributed by atoms with Gasteiger partial charge in [-0.1, -0.05) is 19.3 Å². The van der Waals surface area contributed by atoms with Gasteiger partial charge in [-0.15, -0.1) is 0 Å². The van der Waals surface area contributed by atoms with E-state index < -0.39 is 5.60 Å². The van der Waals surface area contributed by atoms with Crippen molar-refractivity contribution < 1.29 is 14.3 Å². The molecule has 2 aliphatic rings. The zero-order valence-corrected chi connectivity index (χ0v) is 21.8. The molecule has 9 nitrogen and oxygen atoms in total. The lowest BCUT2D eigenvalue weighted by Gasteiger charge is -2.36. The second kappa shape index (κ2) is 11.1. The van der Waals surface area contributed by atoms with E-state index in [2.05, 4.69) is 20.5 Å². The molecule has 2 aromatic rings. The number of pyridine rings is 2. The third kappa shape index (κ3) is 7.08. The summed E-state index contributed by atoms with van der Waals surface area (Å²) in [6.07, 6.45) is 7.65. The maximum Gasteiger partial charge on any atom is 0.410 e. The number of hydrogen-bond donors (Lipinski definition) is 2. The van der Waals surface area contributed by atoms with Gasteiger partial charge in [0.1, 0.15) is 17.2 Å². The van der Waals surface area contributed by atoms with Crippen LogP contribution in [0.5, 0.6) is 0 Å². The Kier molecular flexibility index (Phi) is 7.96. The summed E-state index contributed by atoms with van der Waals surface area (Å²) < 4.78 is 5.52. The Morgan fingerprint density at radius 2 is 1.75 bits per heavy atom. The van der Waals surface area contributed by atoms with Crippen LogP contribution in [0.2, 0.25) is 0 Å². The highest BCUT2D eigenvalue weighted by atomic mass is 16.6. The minimum absolute atomic E-state index is 0.137. The first kappa shape index (κ1) is 25.7. The molecule has 2 N–H and O–H groups in total. The first-order valence-electron chi connectivity index (χ1n) is 12.9. The lowest BCUT2D eigenvalue weighted by atomic mass is 9.95. The summed E-state index contributed by atoms with van der Waals surface area (Å²) in [5.41, 5.74) is 1.87. The average Bonchev–Trinajstić information content (AvgIpc) is 2.83. The van der Waals surface area contributed by atoms with E-state index in [9.17, 15) is 9.59 Å². The molecule has 3 heterocycles. The van der Waals surface area contributed by atoms with Gasteiger partial charge >= 0.3 is 6.09 Å². The predicted octanol–water partition coefficient (Wildman–Crippen LogP) is 4.90. The van der Waals surface area contributed by atoms with Gasteiger partial charge in [0.05, 0.1) is 5.69 Å². The predicted molar refractivity (Wildman–Crippen MR) is 142 cm³/mol. The smallest absolute Gasteiger partial charge is 0.410 e. The van der Waals surface area contributed by atoms with Crippen LogP contribution < -0.4 is 15.5 Å². The molecule has 1 aliphatic heterocycles. The van der Waals surface area contributed by atoms with E-state index in [0.29, 0.717) is 37.9 Å². The summed E-state index contributed by atoms with van der Waals surface area (Å²) in [5.74, 6) is 1.47. The molecule has 194 valence electrons. The van der Waals surface area contributed by atoms with Gasteiger partial charge in [-0.05, 0) is 51.8 Å². The Bertz CT molecular complexity index is 1070. The monoisotopic (exact) mass is 494 g/mol. The number of rotatable bonds is 5. The molecule has 2 fully saturated rings. The summed E-state index contributed by atoms with van der Waals surface area (Å²) >= 11 is 0. The molecule has 1 saturated carbocycles. The van der Waals surface area contributed by atoms with E-state index in [1.54, 1.807) is 11.1 Å². The number of nitrogens with one attached hydrogen (secondary N) is 2. The Morgan fingerprint density at radius 3 is 2.42 bits per heavy atom. The quantitative estimate of drug-likeness (QED) is 0.610. The fourth-order valence-corrected chi connectivity index (χ4v) is 4.67. The molecule has 0 aromatic carbocycles. The van der Waals surface area contributed by atoms with Crippen molar-refractivity contribution in [1.29, 1.82) is 0 Å². The van der Waals surface area contributed by atoms with Crippen molar-refractivity contribution >= 4 is 29.3 Å².